The number of hydrogen-bond acceptors (Lipinski definition) is 3. The molecule has 0 radical (unpaired) electrons. The van der Waals surface area contributed by atoms with E-state index in [2.05, 4.69) is 39.9 Å². The van der Waals surface area contributed by atoms with Crippen molar-refractivity contribution in [2.75, 3.05) is 0 Å². The van der Waals surface area contributed by atoms with Gasteiger partial charge in [-0.25, -0.2) is 9.67 Å². The lowest BCUT2D eigenvalue weighted by molar-refractivity contribution is 0.0540. The summed E-state index contributed by atoms with van der Waals surface area (Å²) in [7, 11) is 0. The van der Waals surface area contributed by atoms with Crippen LogP contribution in [0.25, 0.3) is 0 Å². The molecule has 4 nitrogen and oxygen atoms in total. The molecule has 0 bridgehead atoms. The molecule has 0 amide bonds. The zero-order valence-electron chi connectivity index (χ0n) is 12.0. The molecule has 0 spiro atoms. The molecule has 20 heavy (non-hydrogen) atoms. The highest BCUT2D eigenvalue weighted by Crippen LogP contribution is 2.26. The van der Waals surface area contributed by atoms with Gasteiger partial charge in [-0.3, -0.25) is 0 Å². The van der Waals surface area contributed by atoms with Crippen LogP contribution in [0.15, 0.2) is 35.1 Å². The number of aromatic nitrogens is 3. The molecule has 1 aromatic heterocycles. The molecule has 0 aliphatic rings. The Morgan fingerprint density at radius 1 is 1.40 bits per heavy atom. The number of hydrogen-bond donors (Lipinski definition) is 1. The third kappa shape index (κ3) is 3.67. The highest BCUT2D eigenvalue weighted by Gasteiger charge is 2.26. The van der Waals surface area contributed by atoms with Crippen LogP contribution in [0, 0.1) is 5.92 Å². The minimum atomic E-state index is -0.967. The maximum Gasteiger partial charge on any atom is 0.138 e. The molecule has 1 aromatic carbocycles. The lowest BCUT2D eigenvalue weighted by Crippen LogP contribution is -2.27. The molecule has 1 N–H and O–H groups in total. The summed E-state index contributed by atoms with van der Waals surface area (Å²) in [6, 6.07) is 7.73. The molecule has 0 saturated carbocycles. The molecule has 0 fully saturated rings. The van der Waals surface area contributed by atoms with Gasteiger partial charge in [0.2, 0.25) is 0 Å². The van der Waals surface area contributed by atoms with E-state index in [1.54, 1.807) is 6.33 Å². The second-order valence-corrected chi connectivity index (χ2v) is 6.63. The molecule has 0 saturated heterocycles. The van der Waals surface area contributed by atoms with Crippen molar-refractivity contribution < 1.29 is 5.11 Å². The normalized spacial score (nSPS) is 14.5. The van der Waals surface area contributed by atoms with E-state index in [1.807, 2.05) is 35.9 Å². The Kier molecular flexibility index (Phi) is 4.60. The first-order valence-electron chi connectivity index (χ1n) is 6.73. The second-order valence-electron chi connectivity index (χ2n) is 5.71. The number of nitrogens with zero attached hydrogens (tertiary/aromatic N) is 3. The average Bonchev–Trinajstić information content (AvgIpc) is 2.75. The van der Waals surface area contributed by atoms with Crippen molar-refractivity contribution in [2.24, 2.45) is 5.92 Å². The molecular formula is C15H20BrN3O. The highest BCUT2D eigenvalue weighted by atomic mass is 79.9. The Morgan fingerprint density at radius 2 is 2.15 bits per heavy atom. The second kappa shape index (κ2) is 6.06. The fourth-order valence-electron chi connectivity index (χ4n) is 2.16. The summed E-state index contributed by atoms with van der Waals surface area (Å²) in [6.07, 6.45) is 1.99. The number of benzene rings is 1. The van der Waals surface area contributed by atoms with Crippen LogP contribution in [0.4, 0.5) is 0 Å². The standard InChI is InChI=1S/C15H20BrN3O/c1-11(2)9-19-14(17-10-18-19)8-15(3,20)12-5-4-6-13(16)7-12/h4-7,10-11,20H,8-9H2,1-3H3. The van der Waals surface area contributed by atoms with Crippen LogP contribution < -0.4 is 0 Å². The van der Waals surface area contributed by atoms with Crippen molar-refractivity contribution in [2.45, 2.75) is 39.3 Å². The maximum absolute atomic E-state index is 10.7. The van der Waals surface area contributed by atoms with Gasteiger partial charge < -0.3 is 5.11 Å². The van der Waals surface area contributed by atoms with Crippen LogP contribution in [-0.4, -0.2) is 19.9 Å². The van der Waals surface area contributed by atoms with E-state index < -0.39 is 5.60 Å². The van der Waals surface area contributed by atoms with Crippen molar-refractivity contribution in [3.63, 3.8) is 0 Å². The zero-order valence-corrected chi connectivity index (χ0v) is 13.6. The van der Waals surface area contributed by atoms with E-state index in [0.717, 1.165) is 22.4 Å². The van der Waals surface area contributed by atoms with E-state index in [4.69, 9.17) is 0 Å². The summed E-state index contributed by atoms with van der Waals surface area (Å²) in [5, 5.41) is 15.0. The topological polar surface area (TPSA) is 50.9 Å². The van der Waals surface area contributed by atoms with Crippen LogP contribution in [0.3, 0.4) is 0 Å². The molecule has 5 heteroatoms. The number of halogens is 1. The van der Waals surface area contributed by atoms with Gasteiger partial charge in [-0.05, 0) is 30.5 Å². The van der Waals surface area contributed by atoms with Crippen LogP contribution in [0.1, 0.15) is 32.2 Å². The Balaban J connectivity index is 2.22. The van der Waals surface area contributed by atoms with Gasteiger partial charge in [-0.1, -0.05) is 41.9 Å². The largest absolute Gasteiger partial charge is 0.385 e. The third-order valence-corrected chi connectivity index (χ3v) is 3.68. The molecular weight excluding hydrogens is 318 g/mol. The van der Waals surface area contributed by atoms with Crippen molar-refractivity contribution in [3.05, 3.63) is 46.5 Å². The van der Waals surface area contributed by atoms with E-state index in [9.17, 15) is 5.11 Å². The summed E-state index contributed by atoms with van der Waals surface area (Å²) in [4.78, 5) is 4.28. The zero-order chi connectivity index (χ0) is 14.8. The van der Waals surface area contributed by atoms with E-state index in [0.29, 0.717) is 12.3 Å². The summed E-state index contributed by atoms with van der Waals surface area (Å²) in [6.45, 7) is 6.89. The SMILES string of the molecule is CC(C)Cn1ncnc1CC(C)(O)c1cccc(Br)c1. The Morgan fingerprint density at radius 3 is 2.80 bits per heavy atom. The molecule has 108 valence electrons. The van der Waals surface area contributed by atoms with Gasteiger partial charge in [-0.2, -0.15) is 5.10 Å². The van der Waals surface area contributed by atoms with Gasteiger partial charge in [0.05, 0.1) is 5.60 Å². The summed E-state index contributed by atoms with van der Waals surface area (Å²) >= 11 is 3.44. The quantitative estimate of drug-likeness (QED) is 0.911. The fraction of sp³-hybridized carbons (Fsp3) is 0.467. The van der Waals surface area contributed by atoms with Gasteiger partial charge in [-0.15, -0.1) is 0 Å². The molecule has 0 aliphatic heterocycles. The van der Waals surface area contributed by atoms with E-state index in [1.165, 1.54) is 0 Å². The molecule has 0 aliphatic carbocycles. The van der Waals surface area contributed by atoms with Crippen LogP contribution >= 0.6 is 15.9 Å². The van der Waals surface area contributed by atoms with Crippen LogP contribution in [-0.2, 0) is 18.6 Å². The van der Waals surface area contributed by atoms with Crippen molar-refractivity contribution in [1.29, 1.82) is 0 Å². The van der Waals surface area contributed by atoms with Gasteiger partial charge in [0.25, 0.3) is 0 Å². The van der Waals surface area contributed by atoms with Gasteiger partial charge in [0.1, 0.15) is 12.2 Å². The van der Waals surface area contributed by atoms with Crippen molar-refractivity contribution in [1.82, 2.24) is 14.8 Å². The summed E-state index contributed by atoms with van der Waals surface area (Å²) in [5.74, 6) is 1.30. The van der Waals surface area contributed by atoms with Crippen molar-refractivity contribution in [3.8, 4) is 0 Å². The van der Waals surface area contributed by atoms with Gasteiger partial charge >= 0.3 is 0 Å². The lowest BCUT2D eigenvalue weighted by Gasteiger charge is -2.24. The highest BCUT2D eigenvalue weighted by molar-refractivity contribution is 9.10. The number of rotatable bonds is 5. The minimum Gasteiger partial charge on any atom is -0.385 e. The van der Waals surface area contributed by atoms with Crippen molar-refractivity contribution >= 4 is 15.9 Å². The minimum absolute atomic E-state index is 0.441. The Hall–Kier alpha value is -1.20. The fourth-order valence-corrected chi connectivity index (χ4v) is 2.56. The Labute approximate surface area is 128 Å². The predicted molar refractivity (Wildman–Crippen MR) is 82.3 cm³/mol. The third-order valence-electron chi connectivity index (χ3n) is 3.18. The smallest absolute Gasteiger partial charge is 0.138 e. The summed E-state index contributed by atoms with van der Waals surface area (Å²) < 4.78 is 2.83. The predicted octanol–water partition coefficient (Wildman–Crippen LogP) is 3.15. The average molecular weight is 338 g/mol. The molecule has 2 aromatic rings. The Bertz CT molecular complexity index is 578. The molecule has 1 unspecified atom stereocenters. The van der Waals surface area contributed by atoms with Crippen LogP contribution in [0.5, 0.6) is 0 Å². The molecule has 1 atom stereocenters. The first-order valence-corrected chi connectivity index (χ1v) is 7.53. The monoisotopic (exact) mass is 337 g/mol. The van der Waals surface area contributed by atoms with E-state index in [-0.39, 0.29) is 0 Å². The lowest BCUT2D eigenvalue weighted by atomic mass is 9.92. The molecule has 1 heterocycles. The maximum atomic E-state index is 10.7. The first kappa shape index (κ1) is 15.2. The first-order chi connectivity index (χ1) is 9.38. The van der Waals surface area contributed by atoms with Crippen LogP contribution in [0.2, 0.25) is 0 Å². The molecule has 2 rings (SSSR count). The summed E-state index contributed by atoms with van der Waals surface area (Å²) in [5.41, 5.74) is -0.100. The van der Waals surface area contributed by atoms with Gasteiger partial charge in [0, 0.05) is 17.4 Å². The van der Waals surface area contributed by atoms with E-state index >= 15 is 0 Å². The number of aliphatic hydroxyl groups is 1. The van der Waals surface area contributed by atoms with Gasteiger partial charge in [0.15, 0.2) is 0 Å².